The first-order valence-corrected chi connectivity index (χ1v) is 13.1. The van der Waals surface area contributed by atoms with Gasteiger partial charge in [0, 0.05) is 5.97 Å². The summed E-state index contributed by atoms with van der Waals surface area (Å²) in [5.41, 5.74) is 16.4. The summed E-state index contributed by atoms with van der Waals surface area (Å²) in [6, 6.07) is 0. The number of rotatable bonds is 5. The normalized spacial score (nSPS) is 12.7. The first-order chi connectivity index (χ1) is 18.1. The van der Waals surface area contributed by atoms with Crippen molar-refractivity contribution in [1.82, 2.24) is 19.9 Å². The number of carboxylic acid groups (broad SMARTS) is 1. The van der Waals surface area contributed by atoms with Gasteiger partial charge in [0.15, 0.2) is 0 Å². The second-order valence-corrected chi connectivity index (χ2v) is 10.4. The molecule has 4 aromatic heterocycles. The van der Waals surface area contributed by atoms with E-state index in [1.807, 2.05) is 19.1 Å². The van der Waals surface area contributed by atoms with E-state index in [1.165, 1.54) is 5.56 Å². The van der Waals surface area contributed by atoms with Crippen molar-refractivity contribution in [2.24, 2.45) is 0 Å². The Hall–Kier alpha value is -3.41. The Morgan fingerprint density at radius 2 is 1.00 bits per heavy atom. The van der Waals surface area contributed by atoms with Gasteiger partial charge in [-0.3, -0.25) is 0 Å². The predicted octanol–water partition coefficient (Wildman–Crippen LogP) is 3.16. The molecule has 0 radical (unpaired) electrons. The van der Waals surface area contributed by atoms with Gasteiger partial charge in [-0.1, -0.05) is 58.7 Å². The van der Waals surface area contributed by atoms with Gasteiger partial charge < -0.3 is 29.8 Å². The van der Waals surface area contributed by atoms with Gasteiger partial charge >= 0.3 is 17.1 Å². The molecule has 7 heteroatoms. The van der Waals surface area contributed by atoms with Gasteiger partial charge in [0.25, 0.3) is 0 Å². The Kier molecular flexibility index (Phi) is 8.06. The molecular formula is C32H35FeN4O2-5. The van der Waals surface area contributed by atoms with Gasteiger partial charge in [0.05, 0.1) is 0 Å². The molecule has 0 aromatic carbocycles. The van der Waals surface area contributed by atoms with Gasteiger partial charge in [-0.05, 0) is 84.3 Å². The SMILES string of the molecule is C=Cc1c2[n-]c(c1C)Cc1[n-]c(c(C)c1C)Cc1[n-]c(c(C)c1CCC(=O)[O-])Cc1[n-]c(c(C)c1C=C)C2.[FeH2]. The summed E-state index contributed by atoms with van der Waals surface area (Å²) < 4.78 is 0. The van der Waals surface area contributed by atoms with Gasteiger partial charge in [0.2, 0.25) is 0 Å². The van der Waals surface area contributed by atoms with E-state index < -0.39 is 5.97 Å². The molecule has 0 N–H and O–H groups in total. The Balaban J connectivity index is 0.00000353. The zero-order chi connectivity index (χ0) is 27.3. The molecule has 6 nitrogen and oxygen atoms in total. The number of carbonyl (C=O) groups excluding carboxylic acids is 1. The average Bonchev–Trinajstić information content (AvgIpc) is 3.52. The van der Waals surface area contributed by atoms with Crippen LogP contribution in [-0.4, -0.2) is 5.97 Å². The van der Waals surface area contributed by atoms with Crippen LogP contribution in [-0.2, 0) is 54.0 Å². The molecule has 0 fully saturated rings. The third-order valence-electron chi connectivity index (χ3n) is 8.36. The van der Waals surface area contributed by atoms with E-state index in [0.717, 1.165) is 84.5 Å². The summed E-state index contributed by atoms with van der Waals surface area (Å²) in [6.07, 6.45) is 6.49. The number of hydrogen-bond acceptors (Lipinski definition) is 2. The Labute approximate surface area is 240 Å². The van der Waals surface area contributed by atoms with Crippen molar-refractivity contribution >= 4 is 18.1 Å². The van der Waals surface area contributed by atoms with E-state index in [9.17, 15) is 9.90 Å². The predicted molar refractivity (Wildman–Crippen MR) is 150 cm³/mol. The van der Waals surface area contributed by atoms with E-state index in [4.69, 9.17) is 19.9 Å². The summed E-state index contributed by atoms with van der Waals surface area (Å²) in [5, 5.41) is 11.3. The van der Waals surface area contributed by atoms with Crippen LogP contribution in [0.5, 0.6) is 0 Å². The number of nitrogens with zero attached hydrogens (tertiary/aromatic N) is 4. The third-order valence-corrected chi connectivity index (χ3v) is 8.36. The van der Waals surface area contributed by atoms with Crippen molar-refractivity contribution in [3.8, 4) is 0 Å². The number of aliphatic carboxylic acids is 1. The molecule has 0 amide bonds. The third kappa shape index (κ3) is 5.01. The van der Waals surface area contributed by atoms with Crippen molar-refractivity contribution in [3.63, 3.8) is 0 Å². The Bertz CT molecular complexity index is 1590. The van der Waals surface area contributed by atoms with Gasteiger partial charge in [0.1, 0.15) is 0 Å². The molecule has 8 bridgehead atoms. The molecular weight excluding hydrogens is 528 g/mol. The minimum atomic E-state index is -1.06. The maximum absolute atomic E-state index is 11.3. The molecule has 5 rings (SSSR count). The van der Waals surface area contributed by atoms with Crippen LogP contribution in [0.25, 0.3) is 12.2 Å². The monoisotopic (exact) mass is 563 g/mol. The second kappa shape index (κ2) is 11.0. The van der Waals surface area contributed by atoms with Gasteiger partial charge in [-0.15, -0.1) is 11.4 Å². The number of fused-ring (bicyclic) bond motifs is 8. The molecule has 0 aliphatic carbocycles. The standard InChI is InChI=1S/C32H34N4O2.Fe.2H/c1-8-21-18(5)26-12-24-16(3)17(4)25(33-24)13-31-23(10-11-32(37)38)20(7)28(36-31)15-30-22(9-2)19(6)27(35-30)14-29(21)34-26;;;/h8-9H,1-2,10-15H2,3-7H3,(H,37,38);;;/q-4;;;/p-1. The van der Waals surface area contributed by atoms with Crippen LogP contribution in [0, 0.1) is 34.6 Å². The van der Waals surface area contributed by atoms with Crippen molar-refractivity contribution in [1.29, 1.82) is 0 Å². The first-order valence-electron chi connectivity index (χ1n) is 13.1. The fourth-order valence-electron chi connectivity index (χ4n) is 5.84. The summed E-state index contributed by atoms with van der Waals surface area (Å²) in [5.74, 6) is -1.06. The topological polar surface area (TPSA) is 96.5 Å². The molecule has 0 atom stereocenters. The minimum absolute atomic E-state index is 0. The van der Waals surface area contributed by atoms with Crippen LogP contribution in [0.15, 0.2) is 13.2 Å². The van der Waals surface area contributed by atoms with E-state index in [0.29, 0.717) is 32.1 Å². The molecule has 0 unspecified atom stereocenters. The number of carbonyl (C=O) groups is 1. The zero-order valence-electron chi connectivity index (χ0n) is 23.3. The van der Waals surface area contributed by atoms with Crippen LogP contribution < -0.4 is 25.0 Å². The summed E-state index contributed by atoms with van der Waals surface area (Å²) in [7, 11) is 0. The van der Waals surface area contributed by atoms with Crippen LogP contribution in [0.4, 0.5) is 0 Å². The van der Waals surface area contributed by atoms with Gasteiger partial charge in [-0.25, -0.2) is 0 Å². The van der Waals surface area contributed by atoms with Crippen molar-refractivity contribution in [2.75, 3.05) is 0 Å². The molecule has 39 heavy (non-hydrogen) atoms. The summed E-state index contributed by atoms with van der Waals surface area (Å²) in [4.78, 5) is 31.6. The summed E-state index contributed by atoms with van der Waals surface area (Å²) >= 11 is 0. The number of hydrogen-bond donors (Lipinski definition) is 0. The van der Waals surface area contributed by atoms with E-state index in [1.54, 1.807) is 0 Å². The van der Waals surface area contributed by atoms with Crippen molar-refractivity contribution in [3.05, 3.63) is 103 Å². The Morgan fingerprint density at radius 3 is 1.46 bits per heavy atom. The second-order valence-electron chi connectivity index (χ2n) is 10.4. The quantitative estimate of drug-likeness (QED) is 0.305. The maximum atomic E-state index is 11.3. The zero-order valence-corrected chi connectivity index (χ0v) is 24.6. The molecule has 0 saturated carbocycles. The van der Waals surface area contributed by atoms with Crippen LogP contribution in [0.1, 0.15) is 96.5 Å². The average molecular weight is 564 g/mol. The summed E-state index contributed by atoms with van der Waals surface area (Å²) in [6.45, 7) is 18.6. The van der Waals surface area contributed by atoms with Crippen molar-refractivity contribution in [2.45, 2.75) is 73.1 Å². The number of aromatic nitrogens is 4. The van der Waals surface area contributed by atoms with Crippen molar-refractivity contribution < 1.29 is 27.0 Å². The van der Waals surface area contributed by atoms with E-state index >= 15 is 0 Å². The fraction of sp³-hybridized carbons (Fsp3) is 0.344. The van der Waals surface area contributed by atoms with E-state index in [-0.39, 0.29) is 23.5 Å². The molecule has 1 aliphatic heterocycles. The Morgan fingerprint density at radius 1 is 0.641 bits per heavy atom. The number of carboxylic acids is 1. The molecule has 1 aliphatic rings. The first kappa shape index (κ1) is 28.6. The fourth-order valence-corrected chi connectivity index (χ4v) is 5.84. The van der Waals surface area contributed by atoms with Crippen LogP contribution in [0.2, 0.25) is 0 Å². The van der Waals surface area contributed by atoms with Gasteiger partial charge in [-0.2, -0.15) is 34.2 Å². The molecule has 4 aromatic rings. The van der Waals surface area contributed by atoms with Crippen LogP contribution >= 0.6 is 0 Å². The van der Waals surface area contributed by atoms with Crippen LogP contribution in [0.3, 0.4) is 0 Å². The molecule has 0 spiro atoms. The molecule has 208 valence electrons. The molecule has 0 saturated heterocycles. The van der Waals surface area contributed by atoms with E-state index in [2.05, 4.69) is 40.9 Å². The molecule has 5 heterocycles.